The number of fused-ring (bicyclic) bond motifs is 2. The summed E-state index contributed by atoms with van der Waals surface area (Å²) in [7, 11) is 0. The van der Waals surface area contributed by atoms with Gasteiger partial charge in [0, 0.05) is 18.3 Å². The van der Waals surface area contributed by atoms with E-state index in [0.29, 0.717) is 5.11 Å². The van der Waals surface area contributed by atoms with Gasteiger partial charge in [-0.2, -0.15) is 0 Å². The molecule has 0 bridgehead atoms. The number of para-hydroxylation sites is 1. The molecule has 0 aromatic heterocycles. The molecule has 0 saturated heterocycles. The van der Waals surface area contributed by atoms with E-state index < -0.39 is 0 Å². The smallest absolute Gasteiger partial charge is 0.250 e. The Morgan fingerprint density at radius 3 is 2.70 bits per heavy atom. The number of benzene rings is 3. The fourth-order valence-corrected chi connectivity index (χ4v) is 3.81. The van der Waals surface area contributed by atoms with E-state index in [9.17, 15) is 4.79 Å². The highest BCUT2D eigenvalue weighted by molar-refractivity contribution is 7.80. The molecular formula is C23H20N2OS. The predicted octanol–water partition coefficient (Wildman–Crippen LogP) is 4.71. The Bertz CT molecular complexity index is 1040. The Labute approximate surface area is 164 Å². The summed E-state index contributed by atoms with van der Waals surface area (Å²) in [5.41, 5.74) is 3.37. The summed E-state index contributed by atoms with van der Waals surface area (Å²) in [6, 6.07) is 22.4. The molecule has 27 heavy (non-hydrogen) atoms. The van der Waals surface area contributed by atoms with E-state index in [4.69, 9.17) is 12.2 Å². The van der Waals surface area contributed by atoms with Crippen LogP contribution in [-0.4, -0.2) is 17.6 Å². The first kappa shape index (κ1) is 17.4. The van der Waals surface area contributed by atoms with E-state index in [1.54, 1.807) is 6.08 Å². The molecule has 0 fully saturated rings. The van der Waals surface area contributed by atoms with Crippen molar-refractivity contribution in [1.29, 1.82) is 0 Å². The van der Waals surface area contributed by atoms with Crippen LogP contribution in [0.4, 0.5) is 5.69 Å². The van der Waals surface area contributed by atoms with Crippen molar-refractivity contribution in [2.24, 2.45) is 0 Å². The second kappa shape index (κ2) is 7.72. The molecule has 0 unspecified atom stereocenters. The Morgan fingerprint density at radius 1 is 1.00 bits per heavy atom. The van der Waals surface area contributed by atoms with Gasteiger partial charge in [-0.05, 0) is 59.1 Å². The summed E-state index contributed by atoms with van der Waals surface area (Å²) in [5.74, 6) is -0.212. The van der Waals surface area contributed by atoms with Gasteiger partial charge in [0.05, 0.1) is 0 Å². The molecule has 1 aliphatic heterocycles. The maximum absolute atomic E-state index is 12.4. The number of nitrogens with one attached hydrogen (secondary N) is 1. The zero-order valence-corrected chi connectivity index (χ0v) is 15.7. The third-order valence-corrected chi connectivity index (χ3v) is 5.15. The molecule has 1 heterocycles. The van der Waals surface area contributed by atoms with Gasteiger partial charge in [0.2, 0.25) is 5.91 Å². The number of nitrogens with zero attached hydrogens (tertiary/aromatic N) is 1. The minimum Gasteiger partial charge on any atom is -0.318 e. The summed E-state index contributed by atoms with van der Waals surface area (Å²) < 4.78 is 0. The number of hydrogen-bond acceptors (Lipinski definition) is 2. The van der Waals surface area contributed by atoms with Crippen molar-refractivity contribution >= 4 is 45.8 Å². The van der Waals surface area contributed by atoms with Gasteiger partial charge < -0.3 is 4.90 Å². The van der Waals surface area contributed by atoms with Crippen LogP contribution in [0.25, 0.3) is 16.8 Å². The van der Waals surface area contributed by atoms with Gasteiger partial charge in [-0.3, -0.25) is 10.1 Å². The summed E-state index contributed by atoms with van der Waals surface area (Å²) in [6.45, 7) is 0.823. The second-order valence-corrected chi connectivity index (χ2v) is 6.97. The quantitative estimate of drug-likeness (QED) is 0.522. The average molecular weight is 372 g/mol. The minimum atomic E-state index is -0.212. The first-order valence-electron chi connectivity index (χ1n) is 9.08. The zero-order valence-electron chi connectivity index (χ0n) is 14.9. The van der Waals surface area contributed by atoms with E-state index >= 15 is 0 Å². The lowest BCUT2D eigenvalue weighted by molar-refractivity contribution is -0.115. The van der Waals surface area contributed by atoms with E-state index in [2.05, 4.69) is 35.6 Å². The molecule has 3 nitrogen and oxygen atoms in total. The van der Waals surface area contributed by atoms with Gasteiger partial charge in [0.15, 0.2) is 5.11 Å². The van der Waals surface area contributed by atoms with Crippen LogP contribution in [-0.2, 0) is 11.2 Å². The lowest BCUT2D eigenvalue weighted by Crippen LogP contribution is -2.44. The molecular weight excluding hydrogens is 352 g/mol. The molecule has 0 radical (unpaired) electrons. The molecule has 0 spiro atoms. The second-order valence-electron chi connectivity index (χ2n) is 6.58. The molecule has 134 valence electrons. The Morgan fingerprint density at radius 2 is 1.78 bits per heavy atom. The normalized spacial score (nSPS) is 13.6. The van der Waals surface area contributed by atoms with Crippen LogP contribution in [0.2, 0.25) is 0 Å². The van der Waals surface area contributed by atoms with Gasteiger partial charge >= 0.3 is 0 Å². The van der Waals surface area contributed by atoms with Crippen molar-refractivity contribution < 1.29 is 4.79 Å². The molecule has 1 amide bonds. The summed E-state index contributed by atoms with van der Waals surface area (Å²) >= 11 is 5.49. The number of hydrogen-bond donors (Lipinski definition) is 1. The van der Waals surface area contributed by atoms with Crippen LogP contribution in [0.5, 0.6) is 0 Å². The van der Waals surface area contributed by atoms with Crippen molar-refractivity contribution in [3.8, 4) is 0 Å². The van der Waals surface area contributed by atoms with Crippen LogP contribution < -0.4 is 10.2 Å². The predicted molar refractivity (Wildman–Crippen MR) is 116 cm³/mol. The van der Waals surface area contributed by atoms with E-state index in [1.807, 2.05) is 47.4 Å². The van der Waals surface area contributed by atoms with Crippen LogP contribution in [0.15, 0.2) is 72.8 Å². The molecule has 3 aromatic carbocycles. The number of carbonyl (C=O) groups excluding carboxylic acids is 1. The Kier molecular flexibility index (Phi) is 4.99. The lowest BCUT2D eigenvalue weighted by atomic mass is 10.0. The SMILES string of the molecule is O=C(C=Cc1cccc2ccccc12)NC(=S)N1CCCc2ccccc21. The van der Waals surface area contributed by atoms with Crippen LogP contribution in [0, 0.1) is 0 Å². The van der Waals surface area contributed by atoms with Gasteiger partial charge in [-0.1, -0.05) is 60.7 Å². The van der Waals surface area contributed by atoms with Crippen molar-refractivity contribution in [3.63, 3.8) is 0 Å². The van der Waals surface area contributed by atoms with Crippen molar-refractivity contribution in [2.75, 3.05) is 11.4 Å². The molecule has 0 atom stereocenters. The maximum atomic E-state index is 12.4. The monoisotopic (exact) mass is 372 g/mol. The first-order chi connectivity index (χ1) is 13.2. The lowest BCUT2D eigenvalue weighted by Gasteiger charge is -2.31. The highest BCUT2D eigenvalue weighted by atomic mass is 32.1. The fraction of sp³-hybridized carbons (Fsp3) is 0.130. The number of aryl methyl sites for hydroxylation is 1. The topological polar surface area (TPSA) is 32.3 Å². The van der Waals surface area contributed by atoms with E-state index in [-0.39, 0.29) is 5.91 Å². The number of carbonyl (C=O) groups is 1. The number of rotatable bonds is 2. The summed E-state index contributed by atoms with van der Waals surface area (Å²) in [4.78, 5) is 14.4. The highest BCUT2D eigenvalue weighted by Crippen LogP contribution is 2.26. The molecule has 4 rings (SSSR count). The van der Waals surface area contributed by atoms with E-state index in [0.717, 1.165) is 41.4 Å². The van der Waals surface area contributed by atoms with Gasteiger partial charge in [-0.15, -0.1) is 0 Å². The Balaban J connectivity index is 1.48. The number of amides is 1. The molecule has 4 heteroatoms. The fourth-order valence-electron chi connectivity index (χ4n) is 3.52. The van der Waals surface area contributed by atoms with Crippen molar-refractivity contribution in [2.45, 2.75) is 12.8 Å². The van der Waals surface area contributed by atoms with Crippen LogP contribution in [0.3, 0.4) is 0 Å². The van der Waals surface area contributed by atoms with Crippen molar-refractivity contribution in [1.82, 2.24) is 5.32 Å². The summed E-state index contributed by atoms with van der Waals surface area (Å²) in [6.07, 6.45) is 5.46. The average Bonchev–Trinajstić information content (AvgIpc) is 2.71. The Hall–Kier alpha value is -2.98. The zero-order chi connectivity index (χ0) is 18.6. The minimum absolute atomic E-state index is 0.212. The maximum Gasteiger partial charge on any atom is 0.250 e. The standard InChI is InChI=1S/C23H20N2OS/c26-22(15-14-18-10-5-9-17-7-1-3-12-20(17)18)24-23(27)25-16-6-11-19-8-2-4-13-21(19)25/h1-5,7-10,12-15H,6,11,16H2,(H,24,26,27). The van der Waals surface area contributed by atoms with Crippen LogP contribution >= 0.6 is 12.2 Å². The first-order valence-corrected chi connectivity index (χ1v) is 9.49. The number of thiocarbonyl (C=S) groups is 1. The molecule has 0 saturated carbocycles. The third kappa shape index (κ3) is 3.76. The summed E-state index contributed by atoms with van der Waals surface area (Å²) in [5, 5.41) is 5.57. The molecule has 1 aliphatic rings. The van der Waals surface area contributed by atoms with Crippen molar-refractivity contribution in [3.05, 3.63) is 83.9 Å². The van der Waals surface area contributed by atoms with Crippen LogP contribution in [0.1, 0.15) is 17.5 Å². The van der Waals surface area contributed by atoms with Gasteiger partial charge in [0.1, 0.15) is 0 Å². The van der Waals surface area contributed by atoms with Gasteiger partial charge in [-0.25, -0.2) is 0 Å². The third-order valence-electron chi connectivity index (χ3n) is 4.82. The highest BCUT2D eigenvalue weighted by Gasteiger charge is 2.20. The largest absolute Gasteiger partial charge is 0.318 e. The molecule has 1 N–H and O–H groups in total. The number of anilines is 1. The molecule has 3 aromatic rings. The van der Waals surface area contributed by atoms with Gasteiger partial charge in [0.25, 0.3) is 0 Å². The van der Waals surface area contributed by atoms with E-state index in [1.165, 1.54) is 5.56 Å². The molecule has 0 aliphatic carbocycles.